The van der Waals surface area contributed by atoms with E-state index in [1.807, 2.05) is 6.92 Å². The first-order chi connectivity index (χ1) is 10.3. The maximum absolute atomic E-state index is 12.0. The number of carbonyl (C=O) groups is 1. The summed E-state index contributed by atoms with van der Waals surface area (Å²) in [5, 5.41) is 0. The van der Waals surface area contributed by atoms with Gasteiger partial charge in [0.2, 0.25) is 0 Å². The molecule has 0 aromatic heterocycles. The summed E-state index contributed by atoms with van der Waals surface area (Å²) in [7, 11) is 0. The van der Waals surface area contributed by atoms with Gasteiger partial charge in [0.25, 0.3) is 0 Å². The standard InChI is InChI=1S/C19H38O2/c1-4-7-9-11-12-13-15-17-18(19(20)21-6-3)16-14-10-8-5-2/h18H,4-17H2,1-3H3. The highest BCUT2D eigenvalue weighted by Gasteiger charge is 2.18. The Morgan fingerprint density at radius 1 is 0.714 bits per heavy atom. The molecule has 0 saturated carbocycles. The molecule has 0 rings (SSSR count). The zero-order valence-electron chi connectivity index (χ0n) is 14.8. The van der Waals surface area contributed by atoms with Crippen molar-refractivity contribution in [2.24, 2.45) is 5.92 Å². The van der Waals surface area contributed by atoms with Gasteiger partial charge in [-0.2, -0.15) is 0 Å². The summed E-state index contributed by atoms with van der Waals surface area (Å²) < 4.78 is 5.23. The topological polar surface area (TPSA) is 26.3 Å². The molecule has 0 radical (unpaired) electrons. The van der Waals surface area contributed by atoms with E-state index >= 15 is 0 Å². The van der Waals surface area contributed by atoms with E-state index in [0.29, 0.717) is 6.61 Å². The van der Waals surface area contributed by atoms with E-state index in [-0.39, 0.29) is 11.9 Å². The number of rotatable bonds is 15. The van der Waals surface area contributed by atoms with Crippen LogP contribution in [0.25, 0.3) is 0 Å². The number of ether oxygens (including phenoxy) is 1. The predicted octanol–water partition coefficient (Wildman–Crippen LogP) is 6.28. The van der Waals surface area contributed by atoms with Crippen LogP contribution in [0.3, 0.4) is 0 Å². The Balaban J connectivity index is 3.79. The maximum Gasteiger partial charge on any atom is 0.308 e. The van der Waals surface area contributed by atoms with Gasteiger partial charge in [0.15, 0.2) is 0 Å². The minimum Gasteiger partial charge on any atom is -0.466 e. The quantitative estimate of drug-likeness (QED) is 0.263. The molecule has 0 amide bonds. The first-order valence-electron chi connectivity index (χ1n) is 9.42. The summed E-state index contributed by atoms with van der Waals surface area (Å²) >= 11 is 0. The van der Waals surface area contributed by atoms with Crippen molar-refractivity contribution < 1.29 is 9.53 Å². The number of hydrogen-bond acceptors (Lipinski definition) is 2. The third-order valence-electron chi connectivity index (χ3n) is 4.18. The lowest BCUT2D eigenvalue weighted by Gasteiger charge is -2.15. The van der Waals surface area contributed by atoms with Crippen LogP contribution in [0.2, 0.25) is 0 Å². The van der Waals surface area contributed by atoms with Crippen LogP contribution in [-0.4, -0.2) is 12.6 Å². The molecule has 21 heavy (non-hydrogen) atoms. The van der Waals surface area contributed by atoms with Crippen molar-refractivity contribution in [3.8, 4) is 0 Å². The van der Waals surface area contributed by atoms with Crippen molar-refractivity contribution >= 4 is 5.97 Å². The van der Waals surface area contributed by atoms with Crippen LogP contribution < -0.4 is 0 Å². The Morgan fingerprint density at radius 2 is 1.14 bits per heavy atom. The third kappa shape index (κ3) is 12.9. The van der Waals surface area contributed by atoms with Gasteiger partial charge < -0.3 is 4.74 Å². The number of esters is 1. The Hall–Kier alpha value is -0.530. The van der Waals surface area contributed by atoms with Gasteiger partial charge in [0, 0.05) is 0 Å². The normalized spacial score (nSPS) is 12.3. The second-order valence-electron chi connectivity index (χ2n) is 6.21. The summed E-state index contributed by atoms with van der Waals surface area (Å²) in [5.41, 5.74) is 0. The Morgan fingerprint density at radius 3 is 1.62 bits per heavy atom. The fraction of sp³-hybridized carbons (Fsp3) is 0.947. The molecule has 1 atom stereocenters. The maximum atomic E-state index is 12.0. The molecule has 0 fully saturated rings. The van der Waals surface area contributed by atoms with Crippen LogP contribution >= 0.6 is 0 Å². The first-order valence-corrected chi connectivity index (χ1v) is 9.42. The summed E-state index contributed by atoms with van der Waals surface area (Å²) in [6, 6.07) is 0. The summed E-state index contributed by atoms with van der Waals surface area (Å²) in [6.45, 7) is 6.89. The molecule has 2 heteroatoms. The van der Waals surface area contributed by atoms with Gasteiger partial charge in [-0.1, -0.05) is 84.5 Å². The largest absolute Gasteiger partial charge is 0.466 e. The fourth-order valence-corrected chi connectivity index (χ4v) is 2.81. The molecule has 0 aromatic rings. The molecule has 0 bridgehead atoms. The van der Waals surface area contributed by atoms with Crippen LogP contribution in [0.4, 0.5) is 0 Å². The zero-order chi connectivity index (χ0) is 15.8. The van der Waals surface area contributed by atoms with Gasteiger partial charge in [0.05, 0.1) is 12.5 Å². The highest BCUT2D eigenvalue weighted by atomic mass is 16.5. The van der Waals surface area contributed by atoms with E-state index in [0.717, 1.165) is 12.8 Å². The average molecular weight is 299 g/mol. The van der Waals surface area contributed by atoms with E-state index < -0.39 is 0 Å². The van der Waals surface area contributed by atoms with Crippen LogP contribution in [0, 0.1) is 5.92 Å². The summed E-state index contributed by atoms with van der Waals surface area (Å²) in [5.74, 6) is 0.192. The minimum absolute atomic E-state index is 0.0416. The van der Waals surface area contributed by atoms with Crippen molar-refractivity contribution in [1.29, 1.82) is 0 Å². The van der Waals surface area contributed by atoms with Gasteiger partial charge in [0.1, 0.15) is 0 Å². The van der Waals surface area contributed by atoms with Gasteiger partial charge in [-0.3, -0.25) is 4.79 Å². The fourth-order valence-electron chi connectivity index (χ4n) is 2.81. The smallest absolute Gasteiger partial charge is 0.308 e. The molecule has 2 nitrogen and oxygen atoms in total. The molecular formula is C19H38O2. The molecule has 0 spiro atoms. The second-order valence-corrected chi connectivity index (χ2v) is 6.21. The zero-order valence-corrected chi connectivity index (χ0v) is 14.8. The first kappa shape index (κ1) is 20.5. The van der Waals surface area contributed by atoms with E-state index in [1.54, 1.807) is 0 Å². The molecule has 0 N–H and O–H groups in total. The molecule has 126 valence electrons. The van der Waals surface area contributed by atoms with Crippen molar-refractivity contribution in [2.45, 2.75) is 104 Å². The van der Waals surface area contributed by atoms with Crippen molar-refractivity contribution in [1.82, 2.24) is 0 Å². The van der Waals surface area contributed by atoms with Crippen molar-refractivity contribution in [3.63, 3.8) is 0 Å². The van der Waals surface area contributed by atoms with Crippen LogP contribution in [-0.2, 0) is 9.53 Å². The average Bonchev–Trinajstić information content (AvgIpc) is 2.48. The van der Waals surface area contributed by atoms with Crippen molar-refractivity contribution in [2.75, 3.05) is 6.61 Å². The Bertz CT molecular complexity index is 226. The van der Waals surface area contributed by atoms with Gasteiger partial charge in [-0.25, -0.2) is 0 Å². The summed E-state index contributed by atoms with van der Waals surface area (Å²) in [4.78, 5) is 12.0. The minimum atomic E-state index is 0.0416. The van der Waals surface area contributed by atoms with E-state index in [4.69, 9.17) is 4.74 Å². The van der Waals surface area contributed by atoms with Crippen LogP contribution in [0.5, 0.6) is 0 Å². The number of carbonyl (C=O) groups excluding carboxylic acids is 1. The van der Waals surface area contributed by atoms with Crippen LogP contribution in [0.15, 0.2) is 0 Å². The summed E-state index contributed by atoms with van der Waals surface area (Å²) in [6.07, 6.45) is 16.2. The lowest BCUT2D eigenvalue weighted by molar-refractivity contribution is -0.148. The Labute approximate surface area is 133 Å². The molecule has 0 aromatic carbocycles. The third-order valence-corrected chi connectivity index (χ3v) is 4.18. The molecule has 0 saturated heterocycles. The van der Waals surface area contributed by atoms with E-state index in [2.05, 4.69) is 13.8 Å². The molecule has 1 unspecified atom stereocenters. The van der Waals surface area contributed by atoms with Crippen LogP contribution in [0.1, 0.15) is 104 Å². The van der Waals surface area contributed by atoms with E-state index in [9.17, 15) is 4.79 Å². The molecule has 0 heterocycles. The lowest BCUT2D eigenvalue weighted by Crippen LogP contribution is -2.18. The molecule has 0 aliphatic carbocycles. The molecule has 0 aliphatic heterocycles. The second kappa shape index (κ2) is 15.9. The monoisotopic (exact) mass is 298 g/mol. The van der Waals surface area contributed by atoms with Crippen molar-refractivity contribution in [3.05, 3.63) is 0 Å². The Kier molecular flexibility index (Phi) is 15.5. The SMILES string of the molecule is CCCCCCCCCC(CCCCCC)C(=O)OCC. The number of hydrogen-bond donors (Lipinski definition) is 0. The molecular weight excluding hydrogens is 260 g/mol. The molecule has 0 aliphatic rings. The highest BCUT2D eigenvalue weighted by molar-refractivity contribution is 5.72. The predicted molar refractivity (Wildman–Crippen MR) is 91.5 cm³/mol. The number of unbranched alkanes of at least 4 members (excludes halogenated alkanes) is 9. The van der Waals surface area contributed by atoms with Gasteiger partial charge in [-0.05, 0) is 19.8 Å². The van der Waals surface area contributed by atoms with Gasteiger partial charge >= 0.3 is 5.97 Å². The van der Waals surface area contributed by atoms with E-state index in [1.165, 1.54) is 70.6 Å². The van der Waals surface area contributed by atoms with Gasteiger partial charge in [-0.15, -0.1) is 0 Å². The lowest BCUT2D eigenvalue weighted by atomic mass is 9.94. The highest BCUT2D eigenvalue weighted by Crippen LogP contribution is 2.20.